The van der Waals surface area contributed by atoms with Crippen molar-refractivity contribution < 1.29 is 0 Å². The third-order valence-corrected chi connectivity index (χ3v) is 3.09. The lowest BCUT2D eigenvalue weighted by Gasteiger charge is -2.12. The SMILES string of the molecule is CCCCCCC(CCl)CCCC. The van der Waals surface area contributed by atoms with Gasteiger partial charge in [-0.05, 0) is 18.8 Å². The number of rotatable bonds is 9. The molecule has 0 aromatic carbocycles. The standard InChI is InChI=1S/C12H25Cl/c1-3-5-7-8-10-12(11-13)9-6-4-2/h12H,3-11H2,1-2H3. The second-order valence-electron chi connectivity index (χ2n) is 4.01. The van der Waals surface area contributed by atoms with E-state index in [0.29, 0.717) is 0 Å². The Morgan fingerprint density at radius 2 is 1.46 bits per heavy atom. The van der Waals surface area contributed by atoms with Crippen molar-refractivity contribution in [2.45, 2.75) is 65.2 Å². The largest absolute Gasteiger partial charge is 0.126 e. The van der Waals surface area contributed by atoms with Crippen molar-refractivity contribution in [2.24, 2.45) is 5.92 Å². The molecular formula is C12H25Cl. The van der Waals surface area contributed by atoms with Gasteiger partial charge < -0.3 is 0 Å². The molecule has 0 spiro atoms. The van der Waals surface area contributed by atoms with E-state index >= 15 is 0 Å². The Labute approximate surface area is 89.1 Å². The molecule has 1 unspecified atom stereocenters. The van der Waals surface area contributed by atoms with Crippen LogP contribution in [0.1, 0.15) is 65.2 Å². The minimum absolute atomic E-state index is 0.790. The van der Waals surface area contributed by atoms with Gasteiger partial charge in [-0.25, -0.2) is 0 Å². The van der Waals surface area contributed by atoms with Crippen LogP contribution in [0.3, 0.4) is 0 Å². The highest BCUT2D eigenvalue weighted by molar-refractivity contribution is 6.18. The maximum absolute atomic E-state index is 5.92. The van der Waals surface area contributed by atoms with E-state index in [1.165, 1.54) is 51.4 Å². The van der Waals surface area contributed by atoms with Crippen molar-refractivity contribution in [1.82, 2.24) is 0 Å². The first-order valence-corrected chi connectivity index (χ1v) is 6.44. The topological polar surface area (TPSA) is 0 Å². The van der Waals surface area contributed by atoms with Gasteiger partial charge in [0.2, 0.25) is 0 Å². The zero-order valence-corrected chi connectivity index (χ0v) is 10.1. The molecular weight excluding hydrogens is 180 g/mol. The molecule has 0 aliphatic carbocycles. The molecule has 0 aliphatic rings. The lowest BCUT2D eigenvalue weighted by atomic mass is 9.97. The van der Waals surface area contributed by atoms with Crippen molar-refractivity contribution in [3.8, 4) is 0 Å². The summed E-state index contributed by atoms with van der Waals surface area (Å²) in [6.45, 7) is 4.51. The van der Waals surface area contributed by atoms with Gasteiger partial charge in [-0.2, -0.15) is 0 Å². The third kappa shape index (κ3) is 8.62. The maximum atomic E-state index is 5.92. The van der Waals surface area contributed by atoms with Crippen molar-refractivity contribution >= 4 is 11.6 Å². The molecule has 1 heteroatoms. The van der Waals surface area contributed by atoms with Gasteiger partial charge in [0.15, 0.2) is 0 Å². The molecule has 0 amide bonds. The Balaban J connectivity index is 3.25. The summed E-state index contributed by atoms with van der Waals surface area (Å²) in [6.07, 6.45) is 10.9. The molecule has 0 N–H and O–H groups in total. The molecule has 80 valence electrons. The van der Waals surface area contributed by atoms with Gasteiger partial charge in [-0.1, -0.05) is 52.4 Å². The fourth-order valence-electron chi connectivity index (χ4n) is 1.65. The Bertz CT molecular complexity index is 91.1. The molecule has 0 saturated heterocycles. The summed E-state index contributed by atoms with van der Waals surface area (Å²) in [5, 5.41) is 0. The number of unbranched alkanes of at least 4 members (excludes halogenated alkanes) is 4. The minimum atomic E-state index is 0.790. The predicted molar refractivity (Wildman–Crippen MR) is 62.5 cm³/mol. The van der Waals surface area contributed by atoms with Gasteiger partial charge in [-0.3, -0.25) is 0 Å². The van der Waals surface area contributed by atoms with Crippen molar-refractivity contribution in [3.05, 3.63) is 0 Å². The van der Waals surface area contributed by atoms with Gasteiger partial charge in [0.1, 0.15) is 0 Å². The summed E-state index contributed by atoms with van der Waals surface area (Å²) >= 11 is 5.92. The van der Waals surface area contributed by atoms with Crippen LogP contribution in [0.2, 0.25) is 0 Å². The zero-order chi connectivity index (χ0) is 9.94. The predicted octanol–water partition coefficient (Wildman–Crippen LogP) is 5.00. The zero-order valence-electron chi connectivity index (χ0n) is 9.32. The van der Waals surface area contributed by atoms with Crippen LogP contribution in [0.4, 0.5) is 0 Å². The van der Waals surface area contributed by atoms with E-state index in [9.17, 15) is 0 Å². The van der Waals surface area contributed by atoms with E-state index in [1.807, 2.05) is 0 Å². The molecule has 0 radical (unpaired) electrons. The molecule has 0 heterocycles. The van der Waals surface area contributed by atoms with Gasteiger partial charge in [0.25, 0.3) is 0 Å². The van der Waals surface area contributed by atoms with Crippen molar-refractivity contribution in [3.63, 3.8) is 0 Å². The number of hydrogen-bond acceptors (Lipinski definition) is 0. The van der Waals surface area contributed by atoms with Crippen molar-refractivity contribution in [1.29, 1.82) is 0 Å². The first-order valence-electron chi connectivity index (χ1n) is 5.91. The van der Waals surface area contributed by atoms with E-state index in [4.69, 9.17) is 11.6 Å². The lowest BCUT2D eigenvalue weighted by molar-refractivity contribution is 0.449. The molecule has 0 nitrogen and oxygen atoms in total. The van der Waals surface area contributed by atoms with Gasteiger partial charge in [0.05, 0.1) is 0 Å². The Kier molecular flexibility index (Phi) is 10.6. The van der Waals surface area contributed by atoms with Gasteiger partial charge in [0, 0.05) is 5.88 Å². The highest BCUT2D eigenvalue weighted by Crippen LogP contribution is 2.18. The average molecular weight is 205 g/mol. The summed E-state index contributed by atoms with van der Waals surface area (Å²) < 4.78 is 0. The molecule has 0 rings (SSSR count). The highest BCUT2D eigenvalue weighted by atomic mass is 35.5. The van der Waals surface area contributed by atoms with Gasteiger partial charge in [-0.15, -0.1) is 11.6 Å². The summed E-state index contributed by atoms with van der Waals surface area (Å²) in [7, 11) is 0. The molecule has 0 aromatic rings. The number of halogens is 1. The fraction of sp³-hybridized carbons (Fsp3) is 1.00. The van der Waals surface area contributed by atoms with Crippen LogP contribution in [0.15, 0.2) is 0 Å². The summed E-state index contributed by atoms with van der Waals surface area (Å²) in [6, 6.07) is 0. The second kappa shape index (κ2) is 10.4. The summed E-state index contributed by atoms with van der Waals surface area (Å²) in [4.78, 5) is 0. The van der Waals surface area contributed by atoms with Crippen molar-refractivity contribution in [2.75, 3.05) is 5.88 Å². The average Bonchev–Trinajstić information content (AvgIpc) is 2.17. The molecule has 0 fully saturated rings. The monoisotopic (exact) mass is 204 g/mol. The number of hydrogen-bond donors (Lipinski definition) is 0. The quantitative estimate of drug-likeness (QED) is 0.366. The highest BCUT2D eigenvalue weighted by Gasteiger charge is 2.05. The molecule has 0 bridgehead atoms. The number of alkyl halides is 1. The van der Waals surface area contributed by atoms with Crippen LogP contribution in [-0.4, -0.2) is 5.88 Å². The van der Waals surface area contributed by atoms with E-state index in [1.54, 1.807) is 0 Å². The molecule has 0 aromatic heterocycles. The Hall–Kier alpha value is 0.290. The van der Waals surface area contributed by atoms with E-state index in [0.717, 1.165) is 11.8 Å². The molecule has 0 aliphatic heterocycles. The van der Waals surface area contributed by atoms with E-state index in [-0.39, 0.29) is 0 Å². The Morgan fingerprint density at radius 1 is 0.846 bits per heavy atom. The second-order valence-corrected chi connectivity index (χ2v) is 4.32. The molecule has 1 atom stereocenters. The normalized spacial score (nSPS) is 13.2. The first-order chi connectivity index (χ1) is 6.35. The van der Waals surface area contributed by atoms with Crippen LogP contribution in [0.5, 0.6) is 0 Å². The van der Waals surface area contributed by atoms with Crippen LogP contribution in [-0.2, 0) is 0 Å². The van der Waals surface area contributed by atoms with Crippen LogP contribution in [0, 0.1) is 5.92 Å². The van der Waals surface area contributed by atoms with Crippen LogP contribution in [0.25, 0.3) is 0 Å². The smallest absolute Gasteiger partial charge is 0.0251 e. The lowest BCUT2D eigenvalue weighted by Crippen LogP contribution is -2.02. The Morgan fingerprint density at radius 3 is 2.00 bits per heavy atom. The first kappa shape index (κ1) is 13.3. The molecule has 0 saturated carbocycles. The fourth-order valence-corrected chi connectivity index (χ4v) is 1.96. The third-order valence-electron chi connectivity index (χ3n) is 2.65. The maximum Gasteiger partial charge on any atom is 0.0251 e. The summed E-state index contributed by atoms with van der Waals surface area (Å²) in [5.41, 5.74) is 0. The summed E-state index contributed by atoms with van der Waals surface area (Å²) in [5.74, 6) is 1.66. The van der Waals surface area contributed by atoms with E-state index in [2.05, 4.69) is 13.8 Å². The van der Waals surface area contributed by atoms with E-state index < -0.39 is 0 Å². The minimum Gasteiger partial charge on any atom is -0.126 e. The van der Waals surface area contributed by atoms with Crippen LogP contribution >= 0.6 is 11.6 Å². The molecule has 13 heavy (non-hydrogen) atoms. The van der Waals surface area contributed by atoms with Crippen LogP contribution < -0.4 is 0 Å². The van der Waals surface area contributed by atoms with Gasteiger partial charge >= 0.3 is 0 Å².